The number of fused-ring (bicyclic) bond motifs is 1. The smallest absolute Gasteiger partial charge is 0.157 e. The monoisotopic (exact) mass is 275 g/mol. The molecule has 2 atom stereocenters. The lowest BCUT2D eigenvalue weighted by Crippen LogP contribution is -2.31. The number of nitrogens with zero attached hydrogens (tertiary/aromatic N) is 2. The zero-order valence-corrected chi connectivity index (χ0v) is 12.7. The average Bonchev–Trinajstić information content (AvgIpc) is 3.18. The molecule has 0 aliphatic heterocycles. The van der Waals surface area contributed by atoms with Crippen molar-refractivity contribution in [3.8, 4) is 0 Å². The highest BCUT2D eigenvalue weighted by atomic mass is 16.5. The van der Waals surface area contributed by atoms with E-state index in [0.29, 0.717) is 12.5 Å². The van der Waals surface area contributed by atoms with Crippen LogP contribution in [0.5, 0.6) is 0 Å². The minimum absolute atomic E-state index is 0.0641. The van der Waals surface area contributed by atoms with Crippen molar-refractivity contribution in [1.29, 1.82) is 0 Å². The van der Waals surface area contributed by atoms with Crippen molar-refractivity contribution in [3.63, 3.8) is 0 Å². The molecule has 4 nitrogen and oxygen atoms in total. The molecule has 0 amide bonds. The lowest BCUT2D eigenvalue weighted by atomic mass is 9.74. The molecule has 2 N–H and O–H groups in total. The third-order valence-electron chi connectivity index (χ3n) is 4.39. The minimum Gasteiger partial charge on any atom is -0.370 e. The molecule has 2 aliphatic carbocycles. The van der Waals surface area contributed by atoms with Gasteiger partial charge in [0.15, 0.2) is 5.82 Å². The lowest BCUT2D eigenvalue weighted by Gasteiger charge is -2.34. The van der Waals surface area contributed by atoms with Crippen molar-refractivity contribution in [1.82, 2.24) is 9.97 Å². The van der Waals surface area contributed by atoms with Crippen LogP contribution in [-0.2, 0) is 11.2 Å². The van der Waals surface area contributed by atoms with Gasteiger partial charge in [0.1, 0.15) is 6.10 Å². The zero-order chi connectivity index (χ0) is 14.3. The summed E-state index contributed by atoms with van der Waals surface area (Å²) in [5.74, 6) is 1.47. The second-order valence-corrected chi connectivity index (χ2v) is 7.00. The Bertz CT molecular complexity index is 496. The minimum atomic E-state index is 0.0641. The first kappa shape index (κ1) is 14.0. The van der Waals surface area contributed by atoms with Crippen LogP contribution in [0.1, 0.15) is 69.3 Å². The second-order valence-electron chi connectivity index (χ2n) is 7.00. The van der Waals surface area contributed by atoms with Gasteiger partial charge in [-0.3, -0.25) is 0 Å². The van der Waals surface area contributed by atoms with Crippen molar-refractivity contribution < 1.29 is 4.74 Å². The van der Waals surface area contributed by atoms with Crippen LogP contribution in [-0.4, -0.2) is 16.6 Å². The first-order valence-corrected chi connectivity index (χ1v) is 7.73. The van der Waals surface area contributed by atoms with E-state index in [2.05, 4.69) is 18.8 Å². The Hall–Kier alpha value is -1.00. The fraction of sp³-hybridized carbons (Fsp3) is 0.750. The molecule has 1 aromatic rings. The van der Waals surface area contributed by atoms with Gasteiger partial charge in [-0.2, -0.15) is 0 Å². The lowest BCUT2D eigenvalue weighted by molar-refractivity contribution is 0.0396. The van der Waals surface area contributed by atoms with Gasteiger partial charge in [-0.15, -0.1) is 0 Å². The fourth-order valence-electron chi connectivity index (χ4n) is 3.26. The topological polar surface area (TPSA) is 61.0 Å². The fourth-order valence-corrected chi connectivity index (χ4v) is 3.26. The van der Waals surface area contributed by atoms with E-state index in [0.717, 1.165) is 29.9 Å². The molecule has 20 heavy (non-hydrogen) atoms. The van der Waals surface area contributed by atoms with Crippen LogP contribution in [0.15, 0.2) is 6.20 Å². The van der Waals surface area contributed by atoms with E-state index in [4.69, 9.17) is 15.5 Å². The van der Waals surface area contributed by atoms with Crippen LogP contribution in [0.25, 0.3) is 0 Å². The Kier molecular flexibility index (Phi) is 3.55. The first-order chi connectivity index (χ1) is 9.50. The van der Waals surface area contributed by atoms with Crippen LogP contribution < -0.4 is 5.73 Å². The summed E-state index contributed by atoms with van der Waals surface area (Å²) in [6.07, 6.45) is 6.46. The number of rotatable bonds is 4. The second kappa shape index (κ2) is 5.08. The van der Waals surface area contributed by atoms with E-state index in [1.54, 1.807) is 0 Å². The average molecular weight is 275 g/mol. The summed E-state index contributed by atoms with van der Waals surface area (Å²) in [7, 11) is 0. The first-order valence-electron chi connectivity index (χ1n) is 7.73. The maximum Gasteiger partial charge on any atom is 0.157 e. The van der Waals surface area contributed by atoms with Crippen LogP contribution in [0.4, 0.5) is 0 Å². The maximum atomic E-state index is 6.27. The quantitative estimate of drug-likeness (QED) is 0.917. The van der Waals surface area contributed by atoms with Crippen molar-refractivity contribution in [2.75, 3.05) is 6.61 Å². The molecule has 1 aromatic heterocycles. The van der Waals surface area contributed by atoms with Crippen LogP contribution in [0, 0.1) is 11.3 Å². The molecule has 1 fully saturated rings. The van der Waals surface area contributed by atoms with E-state index in [1.165, 1.54) is 12.8 Å². The molecule has 1 heterocycles. The van der Waals surface area contributed by atoms with Crippen molar-refractivity contribution in [2.45, 2.75) is 58.6 Å². The summed E-state index contributed by atoms with van der Waals surface area (Å²) in [5.41, 5.74) is 8.74. The molecular weight excluding hydrogens is 250 g/mol. The van der Waals surface area contributed by atoms with Gasteiger partial charge in [-0.05, 0) is 43.9 Å². The predicted octanol–water partition coefficient (Wildman–Crippen LogP) is 2.94. The predicted molar refractivity (Wildman–Crippen MR) is 78.2 cm³/mol. The molecule has 0 spiro atoms. The molecule has 3 rings (SSSR count). The number of ether oxygens (including phenoxy) is 1. The molecule has 2 aliphatic rings. The van der Waals surface area contributed by atoms with Gasteiger partial charge in [-0.1, -0.05) is 13.8 Å². The Morgan fingerprint density at radius 3 is 2.85 bits per heavy atom. The number of hydrogen-bond acceptors (Lipinski definition) is 4. The molecule has 0 saturated heterocycles. The molecular formula is C16H25N3O. The highest BCUT2D eigenvalue weighted by Gasteiger charge is 2.37. The van der Waals surface area contributed by atoms with E-state index in [9.17, 15) is 0 Å². The summed E-state index contributed by atoms with van der Waals surface area (Å²) in [6.45, 7) is 7.27. The van der Waals surface area contributed by atoms with Crippen molar-refractivity contribution in [3.05, 3.63) is 23.3 Å². The highest BCUT2D eigenvalue weighted by Crippen LogP contribution is 2.43. The Balaban J connectivity index is 1.91. The normalized spacial score (nSPS) is 26.1. The molecule has 0 bridgehead atoms. The van der Waals surface area contributed by atoms with E-state index in [-0.39, 0.29) is 17.6 Å². The molecule has 4 heteroatoms. The maximum absolute atomic E-state index is 6.27. The highest BCUT2D eigenvalue weighted by molar-refractivity contribution is 5.26. The van der Waals surface area contributed by atoms with E-state index in [1.807, 2.05) is 13.1 Å². The number of hydrogen-bond donors (Lipinski definition) is 1. The summed E-state index contributed by atoms with van der Waals surface area (Å²) in [6, 6.07) is 0.0641. The molecule has 2 unspecified atom stereocenters. The Morgan fingerprint density at radius 1 is 1.45 bits per heavy atom. The summed E-state index contributed by atoms with van der Waals surface area (Å²) < 4.78 is 5.87. The SMILES string of the molecule is CCOC(c1ncc2c(n1)CC(C)(C)CC2N)C1CC1. The standard InChI is InChI=1S/C16H25N3O/c1-4-20-14(10-5-6-10)15-18-9-11-12(17)7-16(2,3)8-13(11)19-15/h9-10,12,14H,4-8,17H2,1-3H3. The van der Waals surface area contributed by atoms with Crippen LogP contribution in [0.3, 0.4) is 0 Å². The van der Waals surface area contributed by atoms with Crippen molar-refractivity contribution in [2.24, 2.45) is 17.1 Å². The van der Waals surface area contributed by atoms with Crippen molar-refractivity contribution >= 4 is 0 Å². The summed E-state index contributed by atoms with van der Waals surface area (Å²) in [5, 5.41) is 0. The number of nitrogens with two attached hydrogens (primary N) is 1. The zero-order valence-electron chi connectivity index (χ0n) is 12.7. The van der Waals surface area contributed by atoms with Gasteiger partial charge >= 0.3 is 0 Å². The Morgan fingerprint density at radius 2 is 2.20 bits per heavy atom. The molecule has 0 aromatic carbocycles. The Labute approximate surface area is 121 Å². The van der Waals surface area contributed by atoms with Gasteiger partial charge in [0.2, 0.25) is 0 Å². The third-order valence-corrected chi connectivity index (χ3v) is 4.39. The van der Waals surface area contributed by atoms with Crippen LogP contribution in [0.2, 0.25) is 0 Å². The van der Waals surface area contributed by atoms with Gasteiger partial charge in [0.25, 0.3) is 0 Å². The molecule has 0 radical (unpaired) electrons. The van der Waals surface area contributed by atoms with E-state index < -0.39 is 0 Å². The number of aromatic nitrogens is 2. The summed E-state index contributed by atoms with van der Waals surface area (Å²) >= 11 is 0. The van der Waals surface area contributed by atoms with Crippen LogP contribution >= 0.6 is 0 Å². The molecule has 1 saturated carbocycles. The largest absolute Gasteiger partial charge is 0.370 e. The molecule has 110 valence electrons. The van der Waals surface area contributed by atoms with Gasteiger partial charge < -0.3 is 10.5 Å². The van der Waals surface area contributed by atoms with E-state index >= 15 is 0 Å². The van der Waals surface area contributed by atoms with Gasteiger partial charge in [0, 0.05) is 30.1 Å². The van der Waals surface area contributed by atoms with Gasteiger partial charge in [0.05, 0.1) is 0 Å². The third kappa shape index (κ3) is 2.72. The summed E-state index contributed by atoms with van der Waals surface area (Å²) in [4.78, 5) is 9.38. The van der Waals surface area contributed by atoms with Gasteiger partial charge in [-0.25, -0.2) is 9.97 Å².